The fourth-order valence-corrected chi connectivity index (χ4v) is 4.17. The lowest BCUT2D eigenvalue weighted by Crippen LogP contribution is -2.22. The molecule has 0 spiro atoms. The number of nitro benzene ring substituents is 1. The van der Waals surface area contributed by atoms with Crippen molar-refractivity contribution in [2.75, 3.05) is 0 Å². The number of aromatic nitrogens is 2. The molecule has 30 heavy (non-hydrogen) atoms. The Kier molecular flexibility index (Phi) is 5.04. The molecule has 2 heterocycles. The molecule has 9 heteroatoms. The zero-order valence-electron chi connectivity index (χ0n) is 16.2. The molecule has 1 N–H and O–H groups in total. The van der Waals surface area contributed by atoms with Crippen LogP contribution in [0.25, 0.3) is 16.2 Å². The molecule has 7 nitrogen and oxygen atoms in total. The second kappa shape index (κ2) is 7.68. The lowest BCUT2D eigenvalue weighted by Gasteiger charge is -2.06. The topological polar surface area (TPSA) is 89.5 Å². The first-order chi connectivity index (χ1) is 14.3. The van der Waals surface area contributed by atoms with Crippen molar-refractivity contribution in [2.45, 2.75) is 20.4 Å². The number of nitrogens with one attached hydrogen (secondary N) is 1. The van der Waals surface area contributed by atoms with E-state index in [1.165, 1.54) is 29.5 Å². The summed E-state index contributed by atoms with van der Waals surface area (Å²) in [4.78, 5) is 29.3. The van der Waals surface area contributed by atoms with Gasteiger partial charge in [0, 0.05) is 39.5 Å². The summed E-state index contributed by atoms with van der Waals surface area (Å²) in [6.07, 6.45) is 1.88. The van der Waals surface area contributed by atoms with Crippen molar-refractivity contribution in [3.63, 3.8) is 0 Å². The van der Waals surface area contributed by atoms with Crippen LogP contribution in [0, 0.1) is 29.8 Å². The second-order valence-corrected chi connectivity index (χ2v) is 7.90. The van der Waals surface area contributed by atoms with E-state index < -0.39 is 4.92 Å². The molecule has 0 aliphatic heterocycles. The van der Waals surface area contributed by atoms with Crippen LogP contribution in [0.1, 0.15) is 26.5 Å². The summed E-state index contributed by atoms with van der Waals surface area (Å²) in [5.41, 5.74) is 3.16. The number of imidazole rings is 1. The lowest BCUT2D eigenvalue weighted by molar-refractivity contribution is -0.385. The normalized spacial score (nSPS) is 11.0. The van der Waals surface area contributed by atoms with Crippen LogP contribution >= 0.6 is 11.3 Å². The third kappa shape index (κ3) is 3.67. The average Bonchev–Trinajstić information content (AvgIpc) is 3.26. The SMILES string of the molecule is Cc1ccc(C(=O)NCc2sc3nc(-c4ccc(F)cc4)cn3c2C)cc1[N+](=O)[O-]. The highest BCUT2D eigenvalue weighted by Crippen LogP contribution is 2.27. The van der Waals surface area contributed by atoms with Crippen molar-refractivity contribution in [3.05, 3.63) is 86.3 Å². The number of hydrogen-bond acceptors (Lipinski definition) is 5. The molecule has 0 bridgehead atoms. The number of nitrogens with zero attached hydrogens (tertiary/aromatic N) is 3. The van der Waals surface area contributed by atoms with E-state index in [2.05, 4.69) is 10.3 Å². The predicted molar refractivity (Wildman–Crippen MR) is 112 cm³/mol. The highest BCUT2D eigenvalue weighted by molar-refractivity contribution is 7.17. The smallest absolute Gasteiger partial charge is 0.273 e. The molecule has 0 unspecified atom stereocenters. The molecule has 0 radical (unpaired) electrons. The van der Waals surface area contributed by atoms with E-state index in [9.17, 15) is 19.3 Å². The van der Waals surface area contributed by atoms with Gasteiger partial charge in [-0.25, -0.2) is 9.37 Å². The maximum Gasteiger partial charge on any atom is 0.273 e. The van der Waals surface area contributed by atoms with E-state index in [4.69, 9.17) is 0 Å². The molecule has 152 valence electrons. The number of benzene rings is 2. The maximum absolute atomic E-state index is 13.1. The Bertz CT molecular complexity index is 1280. The van der Waals surface area contributed by atoms with Gasteiger partial charge >= 0.3 is 0 Å². The Morgan fingerprint density at radius 2 is 1.97 bits per heavy atom. The molecule has 2 aromatic carbocycles. The highest BCUT2D eigenvalue weighted by Gasteiger charge is 2.17. The molecule has 0 atom stereocenters. The standard InChI is InChI=1S/C21H17FN4O3S/c1-12-3-4-15(9-18(12)26(28)29)20(27)23-10-19-13(2)25-11-17(24-21(25)30-19)14-5-7-16(22)8-6-14/h3-9,11H,10H2,1-2H3,(H,23,27). The predicted octanol–water partition coefficient (Wildman–Crippen LogP) is 4.66. The number of carbonyl (C=O) groups is 1. The number of hydrogen-bond donors (Lipinski definition) is 1. The van der Waals surface area contributed by atoms with E-state index in [1.54, 1.807) is 31.2 Å². The van der Waals surface area contributed by atoms with Crippen molar-refractivity contribution in [1.82, 2.24) is 14.7 Å². The number of rotatable bonds is 5. The number of halogens is 1. The molecule has 0 aliphatic rings. The first-order valence-corrected chi connectivity index (χ1v) is 9.91. The summed E-state index contributed by atoms with van der Waals surface area (Å²) in [6, 6.07) is 10.6. The van der Waals surface area contributed by atoms with Gasteiger partial charge in [0.1, 0.15) is 5.82 Å². The number of fused-ring (bicyclic) bond motifs is 1. The van der Waals surface area contributed by atoms with Crippen molar-refractivity contribution in [1.29, 1.82) is 0 Å². The van der Waals surface area contributed by atoms with Gasteiger partial charge in [0.25, 0.3) is 11.6 Å². The first-order valence-electron chi connectivity index (χ1n) is 9.10. The fraction of sp³-hybridized carbons (Fsp3) is 0.143. The Morgan fingerprint density at radius 1 is 1.23 bits per heavy atom. The number of amides is 1. The van der Waals surface area contributed by atoms with Crippen LogP contribution < -0.4 is 5.32 Å². The fourth-order valence-electron chi connectivity index (χ4n) is 3.13. The first kappa shape index (κ1) is 19.7. The van der Waals surface area contributed by atoms with Crippen LogP contribution in [0.4, 0.5) is 10.1 Å². The number of carbonyl (C=O) groups excluding carboxylic acids is 1. The average molecular weight is 424 g/mol. The van der Waals surface area contributed by atoms with E-state index in [1.807, 2.05) is 17.5 Å². The van der Waals surface area contributed by atoms with Gasteiger partial charge in [-0.2, -0.15) is 0 Å². The van der Waals surface area contributed by atoms with Gasteiger partial charge in [0.2, 0.25) is 0 Å². The molecule has 0 aliphatic carbocycles. The summed E-state index contributed by atoms with van der Waals surface area (Å²) in [7, 11) is 0. The van der Waals surface area contributed by atoms with Crippen molar-refractivity contribution in [3.8, 4) is 11.3 Å². The second-order valence-electron chi connectivity index (χ2n) is 6.84. The zero-order chi connectivity index (χ0) is 21.4. The molecular formula is C21H17FN4O3S. The Balaban J connectivity index is 1.52. The van der Waals surface area contributed by atoms with Crippen molar-refractivity contribution >= 4 is 27.9 Å². The lowest BCUT2D eigenvalue weighted by atomic mass is 10.1. The van der Waals surface area contributed by atoms with Gasteiger partial charge in [0.15, 0.2) is 4.96 Å². The summed E-state index contributed by atoms with van der Waals surface area (Å²) >= 11 is 1.45. The quantitative estimate of drug-likeness (QED) is 0.373. The Labute approximate surface area is 175 Å². The molecular weight excluding hydrogens is 407 g/mol. The minimum absolute atomic E-state index is 0.0817. The molecule has 4 rings (SSSR count). The Hall–Kier alpha value is -3.59. The molecule has 2 aromatic heterocycles. The van der Waals surface area contributed by atoms with E-state index in [0.717, 1.165) is 26.8 Å². The largest absolute Gasteiger partial charge is 0.347 e. The number of nitro groups is 1. The van der Waals surface area contributed by atoms with Crippen LogP contribution in [0.5, 0.6) is 0 Å². The van der Waals surface area contributed by atoms with Gasteiger partial charge in [-0.15, -0.1) is 0 Å². The van der Waals surface area contributed by atoms with Gasteiger partial charge in [-0.3, -0.25) is 19.3 Å². The van der Waals surface area contributed by atoms with Gasteiger partial charge in [-0.05, 0) is 44.2 Å². The Morgan fingerprint density at radius 3 is 2.63 bits per heavy atom. The monoisotopic (exact) mass is 424 g/mol. The summed E-state index contributed by atoms with van der Waals surface area (Å²) < 4.78 is 15.1. The van der Waals surface area contributed by atoms with Crippen molar-refractivity contribution in [2.24, 2.45) is 0 Å². The number of thiazole rings is 1. The maximum atomic E-state index is 13.1. The van der Waals surface area contributed by atoms with Crippen molar-refractivity contribution < 1.29 is 14.1 Å². The van der Waals surface area contributed by atoms with Crippen LogP contribution in [-0.2, 0) is 6.54 Å². The number of aryl methyl sites for hydroxylation is 2. The van der Waals surface area contributed by atoms with Crippen LogP contribution in [0.3, 0.4) is 0 Å². The third-order valence-corrected chi connectivity index (χ3v) is 6.03. The molecule has 0 fully saturated rings. The van der Waals surface area contributed by atoms with Gasteiger partial charge in [-0.1, -0.05) is 17.4 Å². The zero-order valence-corrected chi connectivity index (χ0v) is 17.0. The van der Waals surface area contributed by atoms with E-state index in [-0.39, 0.29) is 29.5 Å². The highest BCUT2D eigenvalue weighted by atomic mass is 32.1. The summed E-state index contributed by atoms with van der Waals surface area (Å²) in [6.45, 7) is 3.84. The van der Waals surface area contributed by atoms with Crippen LogP contribution in [-0.4, -0.2) is 20.2 Å². The summed E-state index contributed by atoms with van der Waals surface area (Å²) in [5.74, 6) is -0.677. The van der Waals surface area contributed by atoms with Gasteiger partial charge in [0.05, 0.1) is 17.2 Å². The molecule has 0 saturated carbocycles. The van der Waals surface area contributed by atoms with E-state index >= 15 is 0 Å². The minimum Gasteiger partial charge on any atom is -0.347 e. The molecule has 4 aromatic rings. The van der Waals surface area contributed by atoms with Crippen LogP contribution in [0.15, 0.2) is 48.7 Å². The summed E-state index contributed by atoms with van der Waals surface area (Å²) in [5, 5.41) is 13.9. The van der Waals surface area contributed by atoms with Crippen LogP contribution in [0.2, 0.25) is 0 Å². The van der Waals surface area contributed by atoms with E-state index in [0.29, 0.717) is 5.56 Å². The minimum atomic E-state index is -0.497. The third-order valence-electron chi connectivity index (χ3n) is 4.87. The molecule has 1 amide bonds. The molecule has 0 saturated heterocycles. The van der Waals surface area contributed by atoms with Gasteiger partial charge < -0.3 is 5.32 Å².